The van der Waals surface area contributed by atoms with Crippen LogP contribution in [0.2, 0.25) is 0 Å². The molecule has 1 saturated heterocycles. The molecular formula is C21H26N2O2S. The minimum Gasteiger partial charge on any atom is -0.328 e. The normalized spacial score (nSPS) is 17.8. The highest BCUT2D eigenvalue weighted by Gasteiger charge is 2.39. The van der Waals surface area contributed by atoms with E-state index in [1.165, 1.54) is 18.4 Å². The van der Waals surface area contributed by atoms with Crippen LogP contribution in [0.4, 0.5) is 0 Å². The van der Waals surface area contributed by atoms with Crippen LogP contribution >= 0.6 is 0 Å². The molecule has 0 spiro atoms. The summed E-state index contributed by atoms with van der Waals surface area (Å²) in [5.74, 6) is 0.635. The molecule has 2 unspecified atom stereocenters. The number of amides is 1. The Kier molecular flexibility index (Phi) is 6.95. The number of hydrogen-bond donors (Lipinski definition) is 0. The number of aromatic nitrogens is 1. The van der Waals surface area contributed by atoms with Crippen molar-refractivity contribution in [2.24, 2.45) is 0 Å². The number of hydrogen-bond acceptors (Lipinski definition) is 3. The Hall–Kier alpha value is -2.01. The van der Waals surface area contributed by atoms with Crippen molar-refractivity contribution in [2.45, 2.75) is 49.7 Å². The molecule has 0 saturated carbocycles. The lowest BCUT2D eigenvalue weighted by Gasteiger charge is -2.39. The number of aryl methyl sites for hydroxylation is 1. The van der Waals surface area contributed by atoms with Crippen LogP contribution in [0.15, 0.2) is 54.9 Å². The molecular weight excluding hydrogens is 344 g/mol. The number of nitrogens with zero attached hydrogens (tertiary/aromatic N) is 2. The van der Waals surface area contributed by atoms with Gasteiger partial charge in [0.05, 0.1) is 12.2 Å². The fraction of sp³-hybridized carbons (Fsp3) is 0.429. The number of benzene rings is 1. The molecule has 5 heteroatoms. The van der Waals surface area contributed by atoms with Crippen molar-refractivity contribution < 1.29 is 9.00 Å². The van der Waals surface area contributed by atoms with Crippen molar-refractivity contribution in [1.82, 2.24) is 9.88 Å². The fourth-order valence-electron chi connectivity index (χ4n) is 3.28. The first-order valence-corrected chi connectivity index (χ1v) is 10.7. The Balaban J connectivity index is 1.34. The van der Waals surface area contributed by atoms with E-state index in [0.717, 1.165) is 31.4 Å². The summed E-state index contributed by atoms with van der Waals surface area (Å²) < 4.78 is 12.5. The van der Waals surface area contributed by atoms with Gasteiger partial charge in [0.25, 0.3) is 0 Å². The summed E-state index contributed by atoms with van der Waals surface area (Å²) in [6.07, 6.45) is 9.41. The molecule has 2 heterocycles. The van der Waals surface area contributed by atoms with Gasteiger partial charge in [0.15, 0.2) is 0 Å². The van der Waals surface area contributed by atoms with Crippen molar-refractivity contribution in [3.63, 3.8) is 0 Å². The van der Waals surface area contributed by atoms with E-state index in [-0.39, 0.29) is 11.3 Å². The zero-order valence-electron chi connectivity index (χ0n) is 15.0. The molecule has 0 aliphatic carbocycles. The lowest BCUT2D eigenvalue weighted by molar-refractivity contribution is -0.141. The number of β-lactam (4-membered cyclic amide) rings is 1. The second-order valence-corrected chi connectivity index (χ2v) is 8.37. The van der Waals surface area contributed by atoms with Gasteiger partial charge in [-0.05, 0) is 42.5 Å². The predicted molar refractivity (Wildman–Crippen MR) is 105 cm³/mol. The van der Waals surface area contributed by atoms with Gasteiger partial charge in [-0.15, -0.1) is 0 Å². The smallest absolute Gasteiger partial charge is 0.226 e. The molecule has 1 aliphatic rings. The molecule has 4 nitrogen and oxygen atoms in total. The fourth-order valence-corrected chi connectivity index (χ4v) is 4.83. The highest BCUT2D eigenvalue weighted by molar-refractivity contribution is 7.84. The van der Waals surface area contributed by atoms with Crippen LogP contribution in [-0.2, 0) is 27.8 Å². The third-order valence-corrected chi connectivity index (χ3v) is 6.48. The summed E-state index contributed by atoms with van der Waals surface area (Å²) in [5.41, 5.74) is 2.40. The summed E-state index contributed by atoms with van der Waals surface area (Å²) in [4.78, 5) is 17.7. The van der Waals surface area contributed by atoms with Gasteiger partial charge in [0, 0.05) is 29.7 Å². The highest BCUT2D eigenvalue weighted by atomic mass is 32.2. The van der Waals surface area contributed by atoms with E-state index in [4.69, 9.17) is 0 Å². The molecule has 1 fully saturated rings. The Bertz CT molecular complexity index is 721. The minimum absolute atomic E-state index is 0.111. The van der Waals surface area contributed by atoms with E-state index >= 15 is 0 Å². The second-order valence-electron chi connectivity index (χ2n) is 6.78. The molecule has 1 amide bonds. The Morgan fingerprint density at radius 3 is 2.42 bits per heavy atom. The molecule has 1 aromatic carbocycles. The van der Waals surface area contributed by atoms with E-state index in [2.05, 4.69) is 29.2 Å². The van der Waals surface area contributed by atoms with Crippen molar-refractivity contribution in [3.8, 4) is 0 Å². The first-order valence-electron chi connectivity index (χ1n) is 9.33. The number of unbranched alkanes of at least 4 members (excludes halogenated alkanes) is 3. The third kappa shape index (κ3) is 5.24. The average molecular weight is 371 g/mol. The topological polar surface area (TPSA) is 50.3 Å². The van der Waals surface area contributed by atoms with Crippen molar-refractivity contribution in [3.05, 3.63) is 66.0 Å². The second kappa shape index (κ2) is 9.62. The molecule has 26 heavy (non-hydrogen) atoms. The van der Waals surface area contributed by atoms with Crippen LogP contribution in [-0.4, -0.2) is 31.9 Å². The van der Waals surface area contributed by atoms with Gasteiger partial charge >= 0.3 is 0 Å². The molecule has 0 N–H and O–H groups in total. The average Bonchev–Trinajstić information content (AvgIpc) is 2.66. The van der Waals surface area contributed by atoms with Crippen LogP contribution in [0.3, 0.4) is 0 Å². The predicted octanol–water partition coefficient (Wildman–Crippen LogP) is 3.69. The van der Waals surface area contributed by atoms with Gasteiger partial charge in [0.2, 0.25) is 5.91 Å². The van der Waals surface area contributed by atoms with Gasteiger partial charge in [0.1, 0.15) is 5.37 Å². The molecule has 3 rings (SSSR count). The largest absolute Gasteiger partial charge is 0.328 e. The SMILES string of the molecule is O=C1CC(S(=O)Cc2ccncc2)N1CCCCCCc1ccccc1. The van der Waals surface area contributed by atoms with E-state index in [0.29, 0.717) is 12.2 Å². The maximum absolute atomic E-state index is 12.5. The van der Waals surface area contributed by atoms with Crippen LogP contribution in [0.25, 0.3) is 0 Å². The number of rotatable bonds is 10. The summed E-state index contributed by atoms with van der Waals surface area (Å²) in [6.45, 7) is 0.733. The number of pyridine rings is 1. The molecule has 2 atom stereocenters. The maximum Gasteiger partial charge on any atom is 0.226 e. The van der Waals surface area contributed by atoms with Crippen molar-refractivity contribution in [2.75, 3.05) is 6.54 Å². The highest BCUT2D eigenvalue weighted by Crippen LogP contribution is 2.25. The minimum atomic E-state index is -1.04. The van der Waals surface area contributed by atoms with E-state index in [1.54, 1.807) is 12.4 Å². The molecule has 0 radical (unpaired) electrons. The third-order valence-electron chi connectivity index (χ3n) is 4.84. The van der Waals surface area contributed by atoms with Gasteiger partial charge in [-0.1, -0.05) is 43.2 Å². The standard InChI is InChI=1S/C21H26N2O2S/c24-20-16-21(26(25)17-19-11-13-22-14-12-19)23(20)15-7-2-1-4-8-18-9-5-3-6-10-18/h3,5-6,9-14,21H,1-2,4,7-8,15-17H2. The molecule has 1 aromatic heterocycles. The summed E-state index contributed by atoms with van der Waals surface area (Å²) in [7, 11) is -1.04. The summed E-state index contributed by atoms with van der Waals surface area (Å²) in [6, 6.07) is 14.3. The zero-order chi connectivity index (χ0) is 18.2. The van der Waals surface area contributed by atoms with Crippen LogP contribution in [0.5, 0.6) is 0 Å². The van der Waals surface area contributed by atoms with Crippen molar-refractivity contribution >= 4 is 16.7 Å². The first-order chi connectivity index (χ1) is 12.7. The van der Waals surface area contributed by atoms with Gasteiger partial charge in [-0.2, -0.15) is 0 Å². The molecule has 2 aromatic rings. The molecule has 138 valence electrons. The Labute approximate surface area is 158 Å². The molecule has 1 aliphatic heterocycles. The van der Waals surface area contributed by atoms with Crippen LogP contribution in [0, 0.1) is 0 Å². The lowest BCUT2D eigenvalue weighted by Crippen LogP contribution is -2.55. The first kappa shape index (κ1) is 18.8. The van der Waals surface area contributed by atoms with E-state index in [1.807, 2.05) is 23.1 Å². The van der Waals surface area contributed by atoms with Gasteiger partial charge < -0.3 is 4.90 Å². The monoisotopic (exact) mass is 370 g/mol. The number of carbonyl (C=O) groups is 1. The van der Waals surface area contributed by atoms with Crippen molar-refractivity contribution in [1.29, 1.82) is 0 Å². The Morgan fingerprint density at radius 1 is 0.962 bits per heavy atom. The maximum atomic E-state index is 12.5. The van der Waals surface area contributed by atoms with E-state index < -0.39 is 10.8 Å². The van der Waals surface area contributed by atoms with Gasteiger partial charge in [-0.3, -0.25) is 14.0 Å². The van der Waals surface area contributed by atoms with Gasteiger partial charge in [-0.25, -0.2) is 0 Å². The summed E-state index contributed by atoms with van der Waals surface area (Å²) in [5, 5.41) is -0.111. The quantitative estimate of drug-likeness (QED) is 0.473. The van der Waals surface area contributed by atoms with E-state index in [9.17, 15) is 9.00 Å². The molecule has 0 bridgehead atoms. The Morgan fingerprint density at radius 2 is 1.69 bits per heavy atom. The van der Waals surface area contributed by atoms with Crippen LogP contribution in [0.1, 0.15) is 43.2 Å². The number of likely N-dealkylation sites (tertiary alicyclic amines) is 1. The number of carbonyl (C=O) groups excluding carboxylic acids is 1. The van der Waals surface area contributed by atoms with Crippen LogP contribution < -0.4 is 0 Å². The summed E-state index contributed by atoms with van der Waals surface area (Å²) >= 11 is 0. The lowest BCUT2D eigenvalue weighted by atomic mass is 10.1. The zero-order valence-corrected chi connectivity index (χ0v) is 15.9.